The van der Waals surface area contributed by atoms with E-state index in [2.05, 4.69) is 59.4 Å². The summed E-state index contributed by atoms with van der Waals surface area (Å²) in [4.78, 5) is 52.6. The number of aliphatic hydroxyl groups is 2. The van der Waals surface area contributed by atoms with E-state index in [4.69, 9.17) is 23.8 Å². The van der Waals surface area contributed by atoms with Crippen LogP contribution in [0.3, 0.4) is 0 Å². The highest BCUT2D eigenvalue weighted by atomic mass is 31.2. The van der Waals surface area contributed by atoms with Crippen LogP contribution in [0.15, 0.2) is 48.6 Å². The normalized spacial score (nSPS) is 15.6. The number of ether oxygens (including phenoxy) is 2. The Morgan fingerprint density at radius 1 is 0.559 bits per heavy atom. The maximum absolute atomic E-state index is 12.6. The second kappa shape index (κ2) is 37.8. The lowest BCUT2D eigenvalue weighted by atomic mass is 9.99. The van der Waals surface area contributed by atoms with E-state index in [-0.39, 0.29) is 18.9 Å². The molecule has 0 aliphatic carbocycles. The summed E-state index contributed by atoms with van der Waals surface area (Å²) in [5.74, 6) is -0.295. The Morgan fingerprint density at radius 3 is 1.58 bits per heavy atom. The van der Waals surface area contributed by atoms with E-state index < -0.39 is 66.2 Å². The molecule has 0 fully saturated rings. The smallest absolute Gasteiger partial charge is 0.462 e. The van der Waals surface area contributed by atoms with Crippen LogP contribution in [0.1, 0.15) is 162 Å². The van der Waals surface area contributed by atoms with Crippen LogP contribution < -0.4 is 0 Å². The Balaban J connectivity index is 4.63. The van der Waals surface area contributed by atoms with Gasteiger partial charge in [-0.15, -0.1) is 0 Å². The molecule has 0 aliphatic heterocycles. The minimum absolute atomic E-state index is 0.0434. The van der Waals surface area contributed by atoms with Crippen molar-refractivity contribution in [1.82, 2.24) is 0 Å². The first-order chi connectivity index (χ1) is 28.1. The third-order valence-corrected chi connectivity index (χ3v) is 10.7. The van der Waals surface area contributed by atoms with Crippen molar-refractivity contribution in [1.29, 1.82) is 0 Å². The number of esters is 2. The second-order valence-electron chi connectivity index (χ2n) is 15.1. The summed E-state index contributed by atoms with van der Waals surface area (Å²) in [7, 11) is -9.70. The van der Waals surface area contributed by atoms with Crippen LogP contribution >= 0.6 is 15.6 Å². The van der Waals surface area contributed by atoms with Gasteiger partial charge in [0.2, 0.25) is 0 Å². The lowest BCUT2D eigenvalue weighted by Gasteiger charge is -2.20. The molecule has 0 radical (unpaired) electrons. The van der Waals surface area contributed by atoms with Crippen molar-refractivity contribution in [2.45, 2.75) is 180 Å². The second-order valence-corrected chi connectivity index (χ2v) is 17.8. The standard InChI is InChI=1S/C43H78O14P2/c1-4-38(2)30-26-22-18-14-12-13-16-20-24-28-32-42(46)53-36-41(37-56-59(51,52)55-35-40(45)34-54-58(48,49)50)57-43(47)33-29-25-21-17-11-9-7-5-6-8-10-15-19-23-27-31-39(3)44/h6-9,15,17,19,21,38-41,44-45H,4-5,10-14,16,18,20,22-37H2,1-3H3,(H,51,52)(H2,48,49,50)/b8-6-,9-7-,19-15-,21-17-/t38?,39-,40-,41+/m0/s1. The zero-order valence-corrected chi connectivity index (χ0v) is 37.9. The molecule has 0 saturated heterocycles. The van der Waals surface area contributed by atoms with Crippen LogP contribution in [0, 0.1) is 5.92 Å². The van der Waals surface area contributed by atoms with Crippen molar-refractivity contribution in [3.63, 3.8) is 0 Å². The molecule has 0 rings (SSSR count). The summed E-state index contributed by atoms with van der Waals surface area (Å²) in [6.45, 7) is 3.56. The summed E-state index contributed by atoms with van der Waals surface area (Å²) in [6, 6.07) is 0. The van der Waals surface area contributed by atoms with Crippen LogP contribution in [-0.4, -0.2) is 81.6 Å². The Morgan fingerprint density at radius 2 is 1.03 bits per heavy atom. The molecule has 0 aromatic heterocycles. The van der Waals surface area contributed by atoms with Gasteiger partial charge in [-0.2, -0.15) is 0 Å². The molecule has 0 heterocycles. The van der Waals surface area contributed by atoms with Crippen LogP contribution in [0.4, 0.5) is 0 Å². The van der Waals surface area contributed by atoms with Gasteiger partial charge in [0.05, 0.1) is 25.9 Å². The average molecular weight is 881 g/mol. The van der Waals surface area contributed by atoms with Crippen molar-refractivity contribution in [2.75, 3.05) is 26.4 Å². The summed E-state index contributed by atoms with van der Waals surface area (Å²) in [5.41, 5.74) is 0. The van der Waals surface area contributed by atoms with Crippen molar-refractivity contribution in [2.24, 2.45) is 5.92 Å². The fourth-order valence-corrected chi connectivity index (χ4v) is 6.73. The molecule has 344 valence electrons. The highest BCUT2D eigenvalue weighted by Gasteiger charge is 2.28. The van der Waals surface area contributed by atoms with Crippen LogP contribution in [-0.2, 0) is 41.8 Å². The van der Waals surface area contributed by atoms with Gasteiger partial charge in [-0.1, -0.05) is 133 Å². The topological polar surface area (TPSA) is 216 Å². The van der Waals surface area contributed by atoms with E-state index in [1.165, 1.54) is 51.4 Å². The predicted octanol–water partition coefficient (Wildman–Crippen LogP) is 9.89. The minimum atomic E-state index is -4.87. The van der Waals surface area contributed by atoms with Crippen molar-refractivity contribution in [3.8, 4) is 0 Å². The SMILES string of the molecule is CCC(C)CCCCCCCCCCCCC(=O)OC[C@H](COP(=O)(O)OC[C@@H](O)COP(=O)(O)O)OC(=O)CCC/C=C\C/C=C\C/C=C\C/C=C\CCC[C@H](C)O. The molecule has 14 nitrogen and oxygen atoms in total. The fraction of sp³-hybridized carbons (Fsp3) is 0.767. The Kier molecular flexibility index (Phi) is 36.5. The van der Waals surface area contributed by atoms with Gasteiger partial charge in [0.1, 0.15) is 12.7 Å². The molecular weight excluding hydrogens is 802 g/mol. The molecule has 59 heavy (non-hydrogen) atoms. The number of phosphoric ester groups is 2. The number of hydrogen-bond donors (Lipinski definition) is 5. The van der Waals surface area contributed by atoms with E-state index >= 15 is 0 Å². The summed E-state index contributed by atoms with van der Waals surface area (Å²) in [5, 5.41) is 19.0. The zero-order chi connectivity index (χ0) is 44.0. The van der Waals surface area contributed by atoms with Crippen LogP contribution in [0.2, 0.25) is 0 Å². The molecule has 0 spiro atoms. The quantitative estimate of drug-likeness (QED) is 0.0168. The number of hydrogen-bond acceptors (Lipinski definition) is 11. The van der Waals surface area contributed by atoms with E-state index in [1.54, 1.807) is 6.92 Å². The highest BCUT2D eigenvalue weighted by molar-refractivity contribution is 7.47. The molecule has 0 aromatic rings. The molecule has 5 atom stereocenters. The first-order valence-corrected chi connectivity index (χ1v) is 24.8. The first-order valence-electron chi connectivity index (χ1n) is 21.8. The number of allylic oxidation sites excluding steroid dienone is 8. The summed E-state index contributed by atoms with van der Waals surface area (Å²) >= 11 is 0. The largest absolute Gasteiger partial charge is 0.472 e. The monoisotopic (exact) mass is 880 g/mol. The van der Waals surface area contributed by atoms with E-state index in [9.17, 15) is 33.8 Å². The van der Waals surface area contributed by atoms with Gasteiger partial charge < -0.3 is 34.4 Å². The lowest BCUT2D eigenvalue weighted by molar-refractivity contribution is -0.161. The van der Waals surface area contributed by atoms with E-state index in [1.807, 2.05) is 12.2 Å². The third-order valence-electron chi connectivity index (χ3n) is 9.27. The molecule has 0 saturated carbocycles. The van der Waals surface area contributed by atoms with Gasteiger partial charge in [-0.3, -0.25) is 23.2 Å². The molecule has 0 amide bonds. The van der Waals surface area contributed by atoms with E-state index in [0.29, 0.717) is 19.3 Å². The molecule has 0 aromatic carbocycles. The van der Waals surface area contributed by atoms with E-state index in [0.717, 1.165) is 63.7 Å². The molecule has 2 unspecified atom stereocenters. The average Bonchev–Trinajstić information content (AvgIpc) is 3.18. The Bertz CT molecular complexity index is 1260. The Hall–Kier alpha value is -1.96. The summed E-state index contributed by atoms with van der Waals surface area (Å²) < 4.78 is 47.7. The van der Waals surface area contributed by atoms with Gasteiger partial charge in [-0.25, -0.2) is 9.13 Å². The van der Waals surface area contributed by atoms with Crippen molar-refractivity contribution in [3.05, 3.63) is 48.6 Å². The van der Waals surface area contributed by atoms with Crippen LogP contribution in [0.5, 0.6) is 0 Å². The Labute approximate surface area is 354 Å². The first kappa shape index (κ1) is 57.0. The van der Waals surface area contributed by atoms with Gasteiger partial charge in [0.25, 0.3) is 0 Å². The van der Waals surface area contributed by atoms with Gasteiger partial charge in [0, 0.05) is 12.8 Å². The highest BCUT2D eigenvalue weighted by Crippen LogP contribution is 2.43. The number of phosphoric acid groups is 2. The van der Waals surface area contributed by atoms with Crippen LogP contribution in [0.25, 0.3) is 0 Å². The number of rotatable bonds is 40. The zero-order valence-electron chi connectivity index (χ0n) is 36.1. The summed E-state index contributed by atoms with van der Waals surface area (Å²) in [6.07, 6.45) is 33.9. The van der Waals surface area contributed by atoms with Crippen molar-refractivity contribution < 1.29 is 66.7 Å². The number of carbonyl (C=O) groups excluding carboxylic acids is 2. The third kappa shape index (κ3) is 42.5. The van der Waals surface area contributed by atoms with Gasteiger partial charge in [0.15, 0.2) is 6.10 Å². The minimum Gasteiger partial charge on any atom is -0.462 e. The maximum atomic E-state index is 12.6. The van der Waals surface area contributed by atoms with Crippen molar-refractivity contribution >= 4 is 27.6 Å². The fourth-order valence-electron chi connectivity index (χ4n) is 5.57. The number of carbonyl (C=O) groups is 2. The van der Waals surface area contributed by atoms with Gasteiger partial charge in [-0.05, 0) is 70.6 Å². The molecule has 0 aliphatic rings. The molecular formula is C43H78O14P2. The number of aliphatic hydroxyl groups excluding tert-OH is 2. The maximum Gasteiger partial charge on any atom is 0.472 e. The predicted molar refractivity (Wildman–Crippen MR) is 231 cm³/mol. The molecule has 5 N–H and O–H groups in total. The lowest BCUT2D eigenvalue weighted by Crippen LogP contribution is -2.29. The number of unbranched alkanes of at least 4 members (excludes halogenated alkanes) is 11. The molecule has 16 heteroatoms. The molecule has 0 bridgehead atoms. The van der Waals surface area contributed by atoms with Gasteiger partial charge >= 0.3 is 27.6 Å².